The third kappa shape index (κ3) is 1.32. The molecule has 0 bridgehead atoms. The van der Waals surface area contributed by atoms with Gasteiger partial charge in [-0.3, -0.25) is 0 Å². The van der Waals surface area contributed by atoms with E-state index in [2.05, 4.69) is 0 Å². The standard InChI is InChI=1S/C12H14O2/c1-8-7-14-10-6-4-5-9(11(8)10)12(2,3)13/h4-7,13H,1-3H3. The van der Waals surface area contributed by atoms with Crippen LogP contribution in [0.5, 0.6) is 0 Å². The molecule has 74 valence electrons. The molecular weight excluding hydrogens is 176 g/mol. The van der Waals surface area contributed by atoms with Crippen molar-refractivity contribution in [2.24, 2.45) is 0 Å². The van der Waals surface area contributed by atoms with Crippen molar-refractivity contribution in [3.8, 4) is 0 Å². The molecule has 1 heterocycles. The molecule has 0 radical (unpaired) electrons. The number of aryl methyl sites for hydroxylation is 1. The Kier molecular flexibility index (Phi) is 1.89. The Morgan fingerprint density at radius 1 is 1.29 bits per heavy atom. The molecule has 0 saturated heterocycles. The van der Waals surface area contributed by atoms with Crippen LogP contribution >= 0.6 is 0 Å². The van der Waals surface area contributed by atoms with Gasteiger partial charge in [-0.2, -0.15) is 0 Å². The van der Waals surface area contributed by atoms with E-state index in [1.54, 1.807) is 20.1 Å². The topological polar surface area (TPSA) is 33.4 Å². The van der Waals surface area contributed by atoms with E-state index in [1.807, 2.05) is 25.1 Å². The maximum atomic E-state index is 9.99. The zero-order chi connectivity index (χ0) is 10.3. The van der Waals surface area contributed by atoms with Crippen LogP contribution in [0.25, 0.3) is 11.0 Å². The zero-order valence-corrected chi connectivity index (χ0v) is 8.66. The highest BCUT2D eigenvalue weighted by Gasteiger charge is 2.20. The predicted molar refractivity (Wildman–Crippen MR) is 56.2 cm³/mol. The average molecular weight is 190 g/mol. The second-order valence-electron chi connectivity index (χ2n) is 4.16. The smallest absolute Gasteiger partial charge is 0.134 e. The SMILES string of the molecule is Cc1coc2cccc(C(C)(C)O)c12. The molecule has 2 rings (SSSR count). The Balaban J connectivity index is 2.82. The second-order valence-corrected chi connectivity index (χ2v) is 4.16. The van der Waals surface area contributed by atoms with Crippen molar-refractivity contribution in [1.82, 2.24) is 0 Å². The Labute approximate surface area is 83.2 Å². The summed E-state index contributed by atoms with van der Waals surface area (Å²) in [6.45, 7) is 5.56. The van der Waals surface area contributed by atoms with Crippen LogP contribution < -0.4 is 0 Å². The largest absolute Gasteiger partial charge is 0.464 e. The molecule has 2 aromatic rings. The third-order valence-electron chi connectivity index (χ3n) is 2.44. The summed E-state index contributed by atoms with van der Waals surface area (Å²) >= 11 is 0. The van der Waals surface area contributed by atoms with Crippen LogP contribution in [0.3, 0.4) is 0 Å². The fourth-order valence-corrected chi connectivity index (χ4v) is 1.76. The molecule has 0 aliphatic carbocycles. The molecule has 0 unspecified atom stereocenters. The van der Waals surface area contributed by atoms with Gasteiger partial charge >= 0.3 is 0 Å². The van der Waals surface area contributed by atoms with E-state index in [4.69, 9.17) is 4.42 Å². The van der Waals surface area contributed by atoms with Gasteiger partial charge in [-0.05, 0) is 38.0 Å². The molecule has 2 nitrogen and oxygen atoms in total. The molecule has 0 atom stereocenters. The number of benzene rings is 1. The van der Waals surface area contributed by atoms with Crippen LogP contribution in [0, 0.1) is 6.92 Å². The van der Waals surface area contributed by atoms with Gasteiger partial charge < -0.3 is 9.52 Å². The predicted octanol–water partition coefficient (Wildman–Crippen LogP) is 2.97. The van der Waals surface area contributed by atoms with E-state index in [-0.39, 0.29) is 0 Å². The maximum Gasteiger partial charge on any atom is 0.134 e. The van der Waals surface area contributed by atoms with Crippen molar-refractivity contribution in [3.63, 3.8) is 0 Å². The number of hydrogen-bond donors (Lipinski definition) is 1. The summed E-state index contributed by atoms with van der Waals surface area (Å²) in [6.07, 6.45) is 1.72. The van der Waals surface area contributed by atoms with Gasteiger partial charge in [-0.25, -0.2) is 0 Å². The Morgan fingerprint density at radius 3 is 2.64 bits per heavy atom. The Hall–Kier alpha value is -1.28. The lowest BCUT2D eigenvalue weighted by Gasteiger charge is -2.18. The average Bonchev–Trinajstić information content (AvgIpc) is 2.46. The van der Waals surface area contributed by atoms with Gasteiger partial charge in [0.25, 0.3) is 0 Å². The molecule has 0 aliphatic heterocycles. The van der Waals surface area contributed by atoms with Crippen LogP contribution in [0.1, 0.15) is 25.0 Å². The normalized spacial score (nSPS) is 12.3. The van der Waals surface area contributed by atoms with Crippen molar-refractivity contribution >= 4 is 11.0 Å². The van der Waals surface area contributed by atoms with Crippen molar-refractivity contribution in [2.75, 3.05) is 0 Å². The molecular formula is C12H14O2. The summed E-state index contributed by atoms with van der Waals surface area (Å²) in [5.74, 6) is 0. The van der Waals surface area contributed by atoms with Crippen LogP contribution in [0.4, 0.5) is 0 Å². The highest BCUT2D eigenvalue weighted by Crippen LogP contribution is 2.31. The minimum absolute atomic E-state index is 0.825. The third-order valence-corrected chi connectivity index (χ3v) is 2.44. The van der Waals surface area contributed by atoms with E-state index in [9.17, 15) is 5.11 Å². The highest BCUT2D eigenvalue weighted by atomic mass is 16.3. The minimum Gasteiger partial charge on any atom is -0.464 e. The molecule has 1 N–H and O–H groups in total. The van der Waals surface area contributed by atoms with E-state index >= 15 is 0 Å². The summed E-state index contributed by atoms with van der Waals surface area (Å²) < 4.78 is 5.37. The summed E-state index contributed by atoms with van der Waals surface area (Å²) in [4.78, 5) is 0. The lowest BCUT2D eigenvalue weighted by Crippen LogP contribution is -2.15. The molecule has 0 spiro atoms. The van der Waals surface area contributed by atoms with Gasteiger partial charge in [0.15, 0.2) is 0 Å². The van der Waals surface area contributed by atoms with Crippen molar-refractivity contribution in [3.05, 3.63) is 35.6 Å². The second kappa shape index (κ2) is 2.85. The first-order valence-electron chi connectivity index (χ1n) is 4.70. The fourth-order valence-electron chi connectivity index (χ4n) is 1.76. The van der Waals surface area contributed by atoms with Crippen LogP contribution in [-0.2, 0) is 5.60 Å². The molecule has 0 saturated carbocycles. The Bertz CT molecular complexity index is 461. The van der Waals surface area contributed by atoms with Crippen LogP contribution in [0.2, 0.25) is 0 Å². The summed E-state index contributed by atoms with van der Waals surface area (Å²) in [7, 11) is 0. The van der Waals surface area contributed by atoms with E-state index < -0.39 is 5.60 Å². The number of rotatable bonds is 1. The minimum atomic E-state index is -0.825. The summed E-state index contributed by atoms with van der Waals surface area (Å²) in [5.41, 5.74) is 2.00. The first-order chi connectivity index (χ1) is 6.50. The van der Waals surface area contributed by atoms with E-state index in [0.717, 1.165) is 22.1 Å². The lowest BCUT2D eigenvalue weighted by molar-refractivity contribution is 0.0801. The highest BCUT2D eigenvalue weighted by molar-refractivity contribution is 5.85. The van der Waals surface area contributed by atoms with Gasteiger partial charge in [0.1, 0.15) is 5.58 Å². The number of hydrogen-bond acceptors (Lipinski definition) is 2. The Morgan fingerprint density at radius 2 is 2.00 bits per heavy atom. The molecule has 0 fully saturated rings. The quantitative estimate of drug-likeness (QED) is 0.750. The monoisotopic (exact) mass is 190 g/mol. The number of fused-ring (bicyclic) bond motifs is 1. The maximum absolute atomic E-state index is 9.99. The van der Waals surface area contributed by atoms with E-state index in [1.165, 1.54) is 0 Å². The molecule has 0 amide bonds. The van der Waals surface area contributed by atoms with Crippen molar-refractivity contribution in [1.29, 1.82) is 0 Å². The molecule has 2 heteroatoms. The first kappa shape index (κ1) is 9.28. The number of aliphatic hydroxyl groups is 1. The fraction of sp³-hybridized carbons (Fsp3) is 0.333. The van der Waals surface area contributed by atoms with Crippen LogP contribution in [-0.4, -0.2) is 5.11 Å². The summed E-state index contributed by atoms with van der Waals surface area (Å²) in [5, 5.41) is 11.0. The molecule has 1 aromatic heterocycles. The van der Waals surface area contributed by atoms with Crippen molar-refractivity contribution in [2.45, 2.75) is 26.4 Å². The van der Waals surface area contributed by atoms with Gasteiger partial charge in [0, 0.05) is 5.39 Å². The lowest BCUT2D eigenvalue weighted by atomic mass is 9.93. The van der Waals surface area contributed by atoms with Gasteiger partial charge in [0.05, 0.1) is 11.9 Å². The molecule has 0 aliphatic rings. The first-order valence-corrected chi connectivity index (χ1v) is 4.70. The van der Waals surface area contributed by atoms with E-state index in [0.29, 0.717) is 0 Å². The van der Waals surface area contributed by atoms with Gasteiger partial charge in [-0.15, -0.1) is 0 Å². The van der Waals surface area contributed by atoms with Gasteiger partial charge in [0.2, 0.25) is 0 Å². The number of furan rings is 1. The molecule has 14 heavy (non-hydrogen) atoms. The van der Waals surface area contributed by atoms with Gasteiger partial charge in [-0.1, -0.05) is 12.1 Å². The summed E-state index contributed by atoms with van der Waals surface area (Å²) in [6, 6.07) is 5.75. The van der Waals surface area contributed by atoms with Crippen LogP contribution in [0.15, 0.2) is 28.9 Å². The zero-order valence-electron chi connectivity index (χ0n) is 8.66. The van der Waals surface area contributed by atoms with Crippen molar-refractivity contribution < 1.29 is 9.52 Å². The molecule has 1 aromatic carbocycles.